The lowest BCUT2D eigenvalue weighted by atomic mass is 10.0. The standard InChI is InChI=1S/C14H14ClFN4/c1-8-6-17-5-4-10(8)12-13(15)20-14(19-12)11-3-2-9(16)7-18-11/h2-3,7,17H,4-6H2,1H3,(H,19,20). The predicted molar refractivity (Wildman–Crippen MR) is 76.9 cm³/mol. The number of imidazole rings is 1. The fourth-order valence-electron chi connectivity index (χ4n) is 2.32. The molecule has 0 fully saturated rings. The number of hydrogen-bond acceptors (Lipinski definition) is 3. The zero-order valence-corrected chi connectivity index (χ0v) is 11.8. The maximum atomic E-state index is 12.9. The first kappa shape index (κ1) is 13.3. The first-order valence-corrected chi connectivity index (χ1v) is 6.80. The fourth-order valence-corrected chi connectivity index (χ4v) is 2.56. The number of aromatic nitrogens is 3. The van der Waals surface area contributed by atoms with Gasteiger partial charge in [-0.3, -0.25) is 0 Å². The molecule has 3 heterocycles. The quantitative estimate of drug-likeness (QED) is 0.894. The van der Waals surface area contributed by atoms with Crippen molar-refractivity contribution in [1.82, 2.24) is 20.3 Å². The molecule has 6 heteroatoms. The second kappa shape index (κ2) is 5.34. The van der Waals surface area contributed by atoms with Crippen LogP contribution in [0.2, 0.25) is 5.15 Å². The van der Waals surface area contributed by atoms with Crippen molar-refractivity contribution >= 4 is 17.2 Å². The molecular weight excluding hydrogens is 279 g/mol. The first-order chi connectivity index (χ1) is 9.65. The smallest absolute Gasteiger partial charge is 0.157 e. The molecule has 0 aliphatic carbocycles. The summed E-state index contributed by atoms with van der Waals surface area (Å²) < 4.78 is 12.9. The summed E-state index contributed by atoms with van der Waals surface area (Å²) in [5.41, 5.74) is 3.75. The summed E-state index contributed by atoms with van der Waals surface area (Å²) in [6.45, 7) is 3.84. The Kier molecular flexibility index (Phi) is 3.54. The van der Waals surface area contributed by atoms with Gasteiger partial charge in [0.1, 0.15) is 22.4 Å². The van der Waals surface area contributed by atoms with Crippen LogP contribution >= 0.6 is 11.6 Å². The zero-order valence-electron chi connectivity index (χ0n) is 11.0. The van der Waals surface area contributed by atoms with Crippen molar-refractivity contribution in [3.8, 4) is 11.5 Å². The van der Waals surface area contributed by atoms with Gasteiger partial charge in [0.2, 0.25) is 0 Å². The Morgan fingerprint density at radius 2 is 2.20 bits per heavy atom. The highest BCUT2D eigenvalue weighted by Crippen LogP contribution is 2.30. The van der Waals surface area contributed by atoms with Crippen LogP contribution in [0.1, 0.15) is 19.0 Å². The number of rotatable bonds is 2. The van der Waals surface area contributed by atoms with E-state index in [9.17, 15) is 4.39 Å². The van der Waals surface area contributed by atoms with Crippen molar-refractivity contribution in [2.75, 3.05) is 13.1 Å². The van der Waals surface area contributed by atoms with Gasteiger partial charge in [-0.1, -0.05) is 17.2 Å². The summed E-state index contributed by atoms with van der Waals surface area (Å²) in [4.78, 5) is 11.6. The molecule has 0 saturated carbocycles. The van der Waals surface area contributed by atoms with Gasteiger partial charge in [0, 0.05) is 6.54 Å². The van der Waals surface area contributed by atoms with Crippen molar-refractivity contribution in [2.24, 2.45) is 0 Å². The third kappa shape index (κ3) is 2.46. The number of hydrogen-bond donors (Lipinski definition) is 2. The molecule has 104 valence electrons. The normalized spacial score (nSPS) is 15.8. The number of nitrogens with one attached hydrogen (secondary N) is 2. The molecule has 0 aromatic carbocycles. The molecule has 0 radical (unpaired) electrons. The van der Waals surface area contributed by atoms with E-state index in [4.69, 9.17) is 11.6 Å². The summed E-state index contributed by atoms with van der Waals surface area (Å²) in [6, 6.07) is 2.94. The third-order valence-electron chi connectivity index (χ3n) is 3.37. The van der Waals surface area contributed by atoms with Crippen molar-refractivity contribution < 1.29 is 4.39 Å². The number of aromatic amines is 1. The molecule has 0 amide bonds. The van der Waals surface area contributed by atoms with Crippen LogP contribution in [0.5, 0.6) is 0 Å². The van der Waals surface area contributed by atoms with E-state index in [1.165, 1.54) is 23.4 Å². The Morgan fingerprint density at radius 1 is 1.35 bits per heavy atom. The molecule has 3 rings (SSSR count). The zero-order chi connectivity index (χ0) is 14.1. The van der Waals surface area contributed by atoms with E-state index in [1.807, 2.05) is 0 Å². The minimum atomic E-state index is -0.372. The van der Waals surface area contributed by atoms with E-state index in [2.05, 4.69) is 27.2 Å². The van der Waals surface area contributed by atoms with Crippen molar-refractivity contribution in [1.29, 1.82) is 0 Å². The minimum Gasteiger partial charge on any atom is -0.327 e. The lowest BCUT2D eigenvalue weighted by Crippen LogP contribution is -2.23. The SMILES string of the molecule is CC1=C(c2nc(-c3ccc(F)cn3)[nH]c2Cl)CCNC1. The lowest BCUT2D eigenvalue weighted by Gasteiger charge is -2.17. The highest BCUT2D eigenvalue weighted by Gasteiger charge is 2.18. The van der Waals surface area contributed by atoms with Crippen LogP contribution in [0.25, 0.3) is 17.1 Å². The Bertz CT molecular complexity index is 660. The number of H-pyrrole nitrogens is 1. The van der Waals surface area contributed by atoms with Crippen molar-refractivity contribution in [2.45, 2.75) is 13.3 Å². The van der Waals surface area contributed by atoms with Gasteiger partial charge in [-0.25, -0.2) is 14.4 Å². The highest BCUT2D eigenvalue weighted by molar-refractivity contribution is 6.31. The number of pyridine rings is 1. The second-order valence-electron chi connectivity index (χ2n) is 4.80. The van der Waals surface area contributed by atoms with Crippen LogP contribution < -0.4 is 5.32 Å². The monoisotopic (exact) mass is 292 g/mol. The van der Waals surface area contributed by atoms with Gasteiger partial charge in [0.15, 0.2) is 5.82 Å². The Labute approximate surface area is 121 Å². The van der Waals surface area contributed by atoms with Gasteiger partial charge in [-0.2, -0.15) is 0 Å². The summed E-state index contributed by atoms with van der Waals surface area (Å²) in [5, 5.41) is 3.81. The molecular formula is C14H14ClFN4. The van der Waals surface area contributed by atoms with Crippen molar-refractivity contribution in [3.63, 3.8) is 0 Å². The van der Waals surface area contributed by atoms with E-state index in [0.29, 0.717) is 16.7 Å². The Morgan fingerprint density at radius 3 is 2.90 bits per heavy atom. The Hall–Kier alpha value is -1.72. The number of nitrogens with zero attached hydrogens (tertiary/aromatic N) is 2. The van der Waals surface area contributed by atoms with Crippen molar-refractivity contribution in [3.05, 3.63) is 40.6 Å². The molecule has 0 saturated heterocycles. The molecule has 20 heavy (non-hydrogen) atoms. The van der Waals surface area contributed by atoms with E-state index < -0.39 is 0 Å². The van der Waals surface area contributed by atoms with E-state index in [1.54, 1.807) is 6.07 Å². The summed E-state index contributed by atoms with van der Waals surface area (Å²) in [7, 11) is 0. The first-order valence-electron chi connectivity index (χ1n) is 6.42. The summed E-state index contributed by atoms with van der Waals surface area (Å²) in [5.74, 6) is 0.187. The van der Waals surface area contributed by atoms with Crippen LogP contribution in [0.4, 0.5) is 4.39 Å². The maximum absolute atomic E-state index is 12.9. The molecule has 0 unspecified atom stereocenters. The van der Waals surface area contributed by atoms with E-state index >= 15 is 0 Å². The Balaban J connectivity index is 2.01. The molecule has 4 nitrogen and oxygen atoms in total. The molecule has 1 aliphatic rings. The lowest BCUT2D eigenvalue weighted by molar-refractivity contribution is 0.621. The molecule has 0 bridgehead atoms. The molecule has 2 aromatic heterocycles. The largest absolute Gasteiger partial charge is 0.327 e. The number of halogens is 2. The van der Waals surface area contributed by atoms with Gasteiger partial charge >= 0.3 is 0 Å². The van der Waals surface area contributed by atoms with E-state index in [0.717, 1.165) is 25.2 Å². The van der Waals surface area contributed by atoms with Gasteiger partial charge in [-0.05, 0) is 37.6 Å². The van der Waals surface area contributed by atoms with Crippen LogP contribution in [0, 0.1) is 5.82 Å². The van der Waals surface area contributed by atoms with Crippen LogP contribution in [0.3, 0.4) is 0 Å². The topological polar surface area (TPSA) is 53.6 Å². The van der Waals surface area contributed by atoms with E-state index in [-0.39, 0.29) is 5.82 Å². The fraction of sp³-hybridized carbons (Fsp3) is 0.286. The molecule has 1 aliphatic heterocycles. The van der Waals surface area contributed by atoms with Gasteiger partial charge in [-0.15, -0.1) is 0 Å². The van der Waals surface area contributed by atoms with Crippen LogP contribution in [0.15, 0.2) is 23.9 Å². The average Bonchev–Trinajstić information content (AvgIpc) is 2.82. The highest BCUT2D eigenvalue weighted by atomic mass is 35.5. The van der Waals surface area contributed by atoms with Crippen LogP contribution in [-0.4, -0.2) is 28.0 Å². The average molecular weight is 293 g/mol. The predicted octanol–water partition coefficient (Wildman–Crippen LogP) is 3.03. The third-order valence-corrected chi connectivity index (χ3v) is 3.65. The molecule has 0 atom stereocenters. The van der Waals surface area contributed by atoms with Gasteiger partial charge in [0.25, 0.3) is 0 Å². The maximum Gasteiger partial charge on any atom is 0.157 e. The molecule has 2 aromatic rings. The van der Waals surface area contributed by atoms with Gasteiger partial charge in [0.05, 0.1) is 6.20 Å². The van der Waals surface area contributed by atoms with Crippen LogP contribution in [-0.2, 0) is 0 Å². The summed E-state index contributed by atoms with van der Waals surface area (Å²) in [6.07, 6.45) is 2.06. The molecule has 0 spiro atoms. The minimum absolute atomic E-state index is 0.372. The van der Waals surface area contributed by atoms with Gasteiger partial charge < -0.3 is 10.3 Å². The second-order valence-corrected chi connectivity index (χ2v) is 5.17. The molecule has 2 N–H and O–H groups in total. The summed E-state index contributed by atoms with van der Waals surface area (Å²) >= 11 is 6.25.